The molecule has 0 saturated carbocycles. The van der Waals surface area contributed by atoms with E-state index in [0.717, 1.165) is 22.5 Å². The molecule has 0 spiro atoms. The van der Waals surface area contributed by atoms with Crippen molar-refractivity contribution in [1.82, 2.24) is 10.3 Å². The van der Waals surface area contributed by atoms with E-state index in [-0.39, 0.29) is 0 Å². The first-order valence-electron chi connectivity index (χ1n) is 9.46. The summed E-state index contributed by atoms with van der Waals surface area (Å²) in [5, 5.41) is 6.58. The fourth-order valence-corrected chi connectivity index (χ4v) is 3.03. The largest absolute Gasteiger partial charge is 0.493 e. The quantitative estimate of drug-likeness (QED) is 0.457. The van der Waals surface area contributed by atoms with Crippen LogP contribution in [0.3, 0.4) is 0 Å². The summed E-state index contributed by atoms with van der Waals surface area (Å²) in [4.78, 5) is 8.72. The van der Waals surface area contributed by atoms with Gasteiger partial charge in [0.25, 0.3) is 0 Å². The Labute approximate surface area is 176 Å². The molecule has 0 fully saturated rings. The van der Waals surface area contributed by atoms with Crippen molar-refractivity contribution in [2.75, 3.05) is 33.7 Å². The van der Waals surface area contributed by atoms with Crippen molar-refractivity contribution in [2.45, 2.75) is 6.54 Å². The Balaban J connectivity index is 1.72. The Morgan fingerprint density at radius 1 is 0.933 bits per heavy atom. The number of hydrogen-bond donors (Lipinski definition) is 2. The van der Waals surface area contributed by atoms with Gasteiger partial charge in [0.1, 0.15) is 0 Å². The molecule has 2 aromatic carbocycles. The molecule has 0 aliphatic carbocycles. The van der Waals surface area contributed by atoms with E-state index in [9.17, 15) is 0 Å². The molecule has 30 heavy (non-hydrogen) atoms. The zero-order valence-corrected chi connectivity index (χ0v) is 17.6. The first-order chi connectivity index (χ1) is 14.7. The number of ether oxygens (including phenoxy) is 3. The predicted octanol–water partition coefficient (Wildman–Crippen LogP) is 3.96. The van der Waals surface area contributed by atoms with Gasteiger partial charge in [-0.25, -0.2) is 0 Å². The monoisotopic (exact) mass is 406 g/mol. The van der Waals surface area contributed by atoms with Crippen molar-refractivity contribution in [1.29, 1.82) is 0 Å². The maximum Gasteiger partial charge on any atom is 0.203 e. The second-order valence-corrected chi connectivity index (χ2v) is 6.38. The Bertz CT molecular complexity index is 981. The topological polar surface area (TPSA) is 77.0 Å². The first-order valence-corrected chi connectivity index (χ1v) is 9.46. The number of pyridine rings is 1. The average Bonchev–Trinajstić information content (AvgIpc) is 2.81. The highest BCUT2D eigenvalue weighted by atomic mass is 16.5. The van der Waals surface area contributed by atoms with E-state index in [1.54, 1.807) is 34.6 Å². The van der Waals surface area contributed by atoms with Crippen LogP contribution in [0.2, 0.25) is 0 Å². The molecular weight excluding hydrogens is 380 g/mol. The van der Waals surface area contributed by atoms with Crippen molar-refractivity contribution in [3.05, 3.63) is 66.4 Å². The number of nitrogens with zero attached hydrogens (tertiary/aromatic N) is 2. The number of methoxy groups -OCH3 is 3. The highest BCUT2D eigenvalue weighted by Crippen LogP contribution is 2.39. The SMILES string of the molecule is CN=C(NCc1cccc(-c2ccccn2)c1)Nc1cc(OC)c(OC)c(OC)c1. The summed E-state index contributed by atoms with van der Waals surface area (Å²) < 4.78 is 16.2. The third-order valence-corrected chi connectivity index (χ3v) is 4.50. The van der Waals surface area contributed by atoms with E-state index in [2.05, 4.69) is 38.8 Å². The van der Waals surface area contributed by atoms with E-state index in [1.807, 2.05) is 36.4 Å². The summed E-state index contributed by atoms with van der Waals surface area (Å²) >= 11 is 0. The predicted molar refractivity (Wildman–Crippen MR) is 120 cm³/mol. The number of rotatable bonds is 7. The molecule has 2 N–H and O–H groups in total. The minimum Gasteiger partial charge on any atom is -0.493 e. The van der Waals surface area contributed by atoms with Crippen LogP contribution >= 0.6 is 0 Å². The smallest absolute Gasteiger partial charge is 0.203 e. The van der Waals surface area contributed by atoms with Crippen LogP contribution in [0, 0.1) is 0 Å². The van der Waals surface area contributed by atoms with Gasteiger partial charge in [0, 0.05) is 43.2 Å². The van der Waals surface area contributed by atoms with Crippen molar-refractivity contribution >= 4 is 11.6 Å². The van der Waals surface area contributed by atoms with Crippen molar-refractivity contribution < 1.29 is 14.2 Å². The molecule has 7 heteroatoms. The molecular formula is C23H26N4O3. The van der Waals surface area contributed by atoms with Gasteiger partial charge in [0.05, 0.1) is 27.0 Å². The van der Waals surface area contributed by atoms with Crippen LogP contribution in [0.25, 0.3) is 11.3 Å². The fourth-order valence-electron chi connectivity index (χ4n) is 3.03. The maximum absolute atomic E-state index is 5.41. The Morgan fingerprint density at radius 3 is 2.30 bits per heavy atom. The fraction of sp³-hybridized carbons (Fsp3) is 0.217. The third-order valence-electron chi connectivity index (χ3n) is 4.50. The molecule has 0 amide bonds. The summed E-state index contributed by atoms with van der Waals surface area (Å²) in [7, 11) is 6.47. The lowest BCUT2D eigenvalue weighted by molar-refractivity contribution is 0.324. The molecule has 0 aliphatic rings. The molecule has 3 rings (SSSR count). The number of aromatic nitrogens is 1. The molecule has 1 aromatic heterocycles. The highest BCUT2D eigenvalue weighted by molar-refractivity contribution is 5.94. The van der Waals surface area contributed by atoms with Gasteiger partial charge in [0.15, 0.2) is 17.5 Å². The minimum absolute atomic E-state index is 0.542. The van der Waals surface area contributed by atoms with Gasteiger partial charge in [-0.15, -0.1) is 0 Å². The summed E-state index contributed by atoms with van der Waals surface area (Å²) in [5.74, 6) is 2.29. The van der Waals surface area contributed by atoms with Gasteiger partial charge in [0.2, 0.25) is 5.75 Å². The molecule has 0 radical (unpaired) electrons. The molecule has 0 bridgehead atoms. The van der Waals surface area contributed by atoms with E-state index in [1.165, 1.54) is 0 Å². The average molecular weight is 406 g/mol. The number of nitrogens with one attached hydrogen (secondary N) is 2. The van der Waals surface area contributed by atoms with E-state index in [4.69, 9.17) is 14.2 Å². The van der Waals surface area contributed by atoms with Crippen molar-refractivity contribution in [3.63, 3.8) is 0 Å². The lowest BCUT2D eigenvalue weighted by Crippen LogP contribution is -2.30. The lowest BCUT2D eigenvalue weighted by Gasteiger charge is -2.16. The van der Waals surface area contributed by atoms with Gasteiger partial charge in [-0.3, -0.25) is 9.98 Å². The molecule has 3 aromatic rings. The summed E-state index contributed by atoms with van der Waals surface area (Å²) in [6, 6.07) is 17.8. The minimum atomic E-state index is 0.542. The second-order valence-electron chi connectivity index (χ2n) is 6.38. The lowest BCUT2D eigenvalue weighted by atomic mass is 10.1. The number of anilines is 1. The molecule has 0 aliphatic heterocycles. The standard InChI is InChI=1S/C23H26N4O3/c1-24-23(27-18-13-20(28-2)22(30-4)21(14-18)29-3)26-15-16-8-7-9-17(12-16)19-10-5-6-11-25-19/h5-14H,15H2,1-4H3,(H2,24,26,27). The number of hydrogen-bond acceptors (Lipinski definition) is 5. The molecule has 0 unspecified atom stereocenters. The summed E-state index contributed by atoms with van der Waals surface area (Å²) in [6.07, 6.45) is 1.80. The maximum atomic E-state index is 5.41. The normalized spacial score (nSPS) is 11.0. The zero-order chi connectivity index (χ0) is 21.3. The van der Waals surface area contributed by atoms with Crippen LogP contribution in [0.15, 0.2) is 65.8 Å². The van der Waals surface area contributed by atoms with Crippen LogP contribution in [0.4, 0.5) is 5.69 Å². The van der Waals surface area contributed by atoms with Gasteiger partial charge in [-0.2, -0.15) is 0 Å². The number of guanidine groups is 1. The molecule has 7 nitrogen and oxygen atoms in total. The second kappa shape index (κ2) is 10.2. The van der Waals surface area contributed by atoms with E-state index >= 15 is 0 Å². The Morgan fingerprint density at radius 2 is 1.70 bits per heavy atom. The summed E-state index contributed by atoms with van der Waals surface area (Å²) in [5.41, 5.74) is 3.90. The van der Waals surface area contributed by atoms with E-state index in [0.29, 0.717) is 29.8 Å². The Hall–Kier alpha value is -3.74. The first kappa shape index (κ1) is 21.0. The van der Waals surface area contributed by atoms with Crippen molar-refractivity contribution in [3.8, 4) is 28.5 Å². The molecule has 156 valence electrons. The van der Waals surface area contributed by atoms with Crippen LogP contribution in [-0.4, -0.2) is 39.3 Å². The van der Waals surface area contributed by atoms with Crippen LogP contribution in [0.5, 0.6) is 17.2 Å². The highest BCUT2D eigenvalue weighted by Gasteiger charge is 2.14. The van der Waals surface area contributed by atoms with Gasteiger partial charge < -0.3 is 24.8 Å². The molecule has 0 atom stereocenters. The van der Waals surface area contributed by atoms with E-state index < -0.39 is 0 Å². The van der Waals surface area contributed by atoms with Crippen molar-refractivity contribution in [2.24, 2.45) is 4.99 Å². The number of benzene rings is 2. The van der Waals surface area contributed by atoms with Crippen LogP contribution in [-0.2, 0) is 6.54 Å². The van der Waals surface area contributed by atoms with Gasteiger partial charge in [-0.05, 0) is 23.8 Å². The summed E-state index contributed by atoms with van der Waals surface area (Å²) in [6.45, 7) is 0.602. The number of aliphatic imine (C=N–C) groups is 1. The molecule has 1 heterocycles. The van der Waals surface area contributed by atoms with Gasteiger partial charge >= 0.3 is 0 Å². The molecule has 0 saturated heterocycles. The Kier molecular flexibility index (Phi) is 7.10. The van der Waals surface area contributed by atoms with Crippen LogP contribution < -0.4 is 24.8 Å². The van der Waals surface area contributed by atoms with Gasteiger partial charge in [-0.1, -0.05) is 24.3 Å². The zero-order valence-electron chi connectivity index (χ0n) is 17.6. The third kappa shape index (κ3) is 5.00. The van der Waals surface area contributed by atoms with Crippen LogP contribution in [0.1, 0.15) is 5.56 Å².